The molecule has 0 bridgehead atoms. The van der Waals surface area contributed by atoms with Crippen LogP contribution in [0.4, 0.5) is 0 Å². The number of likely N-dealkylation sites (tertiary alicyclic amines) is 1. The maximum atomic E-state index is 14.0. The van der Waals surface area contributed by atoms with Crippen LogP contribution in [0.3, 0.4) is 0 Å². The number of carbonyl (C=O) groups excluding carboxylic acids is 3. The van der Waals surface area contributed by atoms with E-state index >= 15 is 0 Å². The SMILES string of the molecule is CC(C)(N)C(=O)N[C@H](Cc1c[nH]c2ccccc12)C(=O)N1CCC(C(=O)N2CCOCC2)(c2ccccc2)CC1. The van der Waals surface area contributed by atoms with Crippen LogP contribution in [0.15, 0.2) is 60.8 Å². The Morgan fingerprint density at radius 1 is 0.975 bits per heavy atom. The van der Waals surface area contributed by atoms with Crippen molar-refractivity contribution in [3.63, 3.8) is 0 Å². The van der Waals surface area contributed by atoms with Gasteiger partial charge in [-0.1, -0.05) is 48.5 Å². The summed E-state index contributed by atoms with van der Waals surface area (Å²) >= 11 is 0. The number of piperidine rings is 1. The van der Waals surface area contributed by atoms with Crippen LogP contribution in [0.25, 0.3) is 10.9 Å². The first-order chi connectivity index (χ1) is 19.2. The van der Waals surface area contributed by atoms with Crippen molar-refractivity contribution in [2.75, 3.05) is 39.4 Å². The molecule has 3 heterocycles. The molecule has 2 aromatic carbocycles. The third-order valence-corrected chi connectivity index (χ3v) is 8.25. The molecule has 0 unspecified atom stereocenters. The summed E-state index contributed by atoms with van der Waals surface area (Å²) in [5, 5.41) is 3.94. The average molecular weight is 546 g/mol. The van der Waals surface area contributed by atoms with E-state index in [1.165, 1.54) is 0 Å². The number of aromatic nitrogens is 1. The van der Waals surface area contributed by atoms with Crippen molar-refractivity contribution in [1.29, 1.82) is 0 Å². The molecule has 212 valence electrons. The molecular formula is C31H39N5O4. The number of carbonyl (C=O) groups is 3. The fraction of sp³-hybridized carbons (Fsp3) is 0.452. The lowest BCUT2D eigenvalue weighted by atomic mass is 9.71. The summed E-state index contributed by atoms with van der Waals surface area (Å²) < 4.78 is 5.48. The van der Waals surface area contributed by atoms with Crippen molar-refractivity contribution in [3.05, 3.63) is 71.9 Å². The van der Waals surface area contributed by atoms with Gasteiger partial charge in [0.1, 0.15) is 6.04 Å². The summed E-state index contributed by atoms with van der Waals surface area (Å²) in [5.41, 5.74) is 7.14. The van der Waals surface area contributed by atoms with Gasteiger partial charge in [-0.05, 0) is 43.9 Å². The second-order valence-corrected chi connectivity index (χ2v) is 11.5. The molecule has 9 nitrogen and oxygen atoms in total. The third-order valence-electron chi connectivity index (χ3n) is 8.25. The summed E-state index contributed by atoms with van der Waals surface area (Å²) in [6.45, 7) is 6.30. The molecule has 0 spiro atoms. The molecule has 0 saturated carbocycles. The van der Waals surface area contributed by atoms with Crippen LogP contribution in [-0.2, 0) is 31.0 Å². The second-order valence-electron chi connectivity index (χ2n) is 11.5. The van der Waals surface area contributed by atoms with E-state index in [2.05, 4.69) is 10.3 Å². The van der Waals surface area contributed by atoms with E-state index < -0.39 is 17.0 Å². The summed E-state index contributed by atoms with van der Waals surface area (Å²) in [6, 6.07) is 17.0. The van der Waals surface area contributed by atoms with Crippen LogP contribution < -0.4 is 11.1 Å². The van der Waals surface area contributed by atoms with E-state index in [1.54, 1.807) is 18.7 Å². The number of H-pyrrole nitrogens is 1. The molecule has 3 amide bonds. The van der Waals surface area contributed by atoms with Gasteiger partial charge in [0, 0.05) is 49.7 Å². The molecule has 4 N–H and O–H groups in total. The normalized spacial score (nSPS) is 18.4. The van der Waals surface area contributed by atoms with Crippen LogP contribution >= 0.6 is 0 Å². The zero-order valence-electron chi connectivity index (χ0n) is 23.3. The Morgan fingerprint density at radius 2 is 1.62 bits per heavy atom. The Morgan fingerprint density at radius 3 is 2.30 bits per heavy atom. The zero-order chi connectivity index (χ0) is 28.3. The predicted octanol–water partition coefficient (Wildman–Crippen LogP) is 2.35. The standard InChI is InChI=1S/C31H39N5O4/c1-30(2,32)28(38)34-26(20-22-21-33-25-11-7-6-10-24(22)25)27(37)35-14-12-31(13-15-35,23-8-4-3-5-9-23)29(39)36-16-18-40-19-17-36/h3-11,21,26,33H,12-20,32H2,1-2H3,(H,34,38)/t26-/m1/s1. The number of nitrogens with one attached hydrogen (secondary N) is 2. The first-order valence-corrected chi connectivity index (χ1v) is 14.1. The molecule has 2 fully saturated rings. The smallest absolute Gasteiger partial charge is 0.245 e. The second kappa shape index (κ2) is 11.4. The van der Waals surface area contributed by atoms with Gasteiger partial charge in [-0.2, -0.15) is 0 Å². The number of amides is 3. The highest BCUT2D eigenvalue weighted by Crippen LogP contribution is 2.38. The Labute approximate surface area is 235 Å². The van der Waals surface area contributed by atoms with Gasteiger partial charge in [0.2, 0.25) is 17.7 Å². The van der Waals surface area contributed by atoms with Crippen LogP contribution in [0.1, 0.15) is 37.8 Å². The topological polar surface area (TPSA) is 121 Å². The summed E-state index contributed by atoms with van der Waals surface area (Å²) in [7, 11) is 0. The molecule has 0 aliphatic carbocycles. The van der Waals surface area contributed by atoms with Crippen LogP contribution in [0.5, 0.6) is 0 Å². The van der Waals surface area contributed by atoms with Gasteiger partial charge in [0.05, 0.1) is 24.2 Å². The Balaban J connectivity index is 1.38. The first kappa shape index (κ1) is 27.9. The minimum Gasteiger partial charge on any atom is -0.378 e. The van der Waals surface area contributed by atoms with Gasteiger partial charge in [-0.15, -0.1) is 0 Å². The van der Waals surface area contributed by atoms with Crippen LogP contribution in [0, 0.1) is 0 Å². The molecule has 1 aromatic heterocycles. The third kappa shape index (κ3) is 5.62. The number of rotatable bonds is 7. The molecule has 2 aliphatic heterocycles. The first-order valence-electron chi connectivity index (χ1n) is 14.1. The number of morpholine rings is 1. The number of ether oxygens (including phenoxy) is 1. The van der Waals surface area contributed by atoms with Gasteiger partial charge in [-0.25, -0.2) is 0 Å². The highest BCUT2D eigenvalue weighted by molar-refractivity contribution is 5.93. The number of nitrogens with zero attached hydrogens (tertiary/aromatic N) is 2. The minimum atomic E-state index is -1.13. The molecular weight excluding hydrogens is 506 g/mol. The van der Waals surface area contributed by atoms with Crippen molar-refractivity contribution >= 4 is 28.6 Å². The van der Waals surface area contributed by atoms with Crippen molar-refractivity contribution in [1.82, 2.24) is 20.1 Å². The van der Waals surface area contributed by atoms with Crippen LogP contribution in [-0.4, -0.2) is 83.5 Å². The van der Waals surface area contributed by atoms with Gasteiger partial charge in [0.15, 0.2) is 0 Å². The molecule has 1 atom stereocenters. The van der Waals surface area contributed by atoms with Gasteiger partial charge < -0.3 is 30.6 Å². The van der Waals surface area contributed by atoms with E-state index in [9.17, 15) is 14.4 Å². The monoisotopic (exact) mass is 545 g/mol. The molecule has 2 aliphatic rings. The van der Waals surface area contributed by atoms with Crippen molar-refractivity contribution < 1.29 is 19.1 Å². The van der Waals surface area contributed by atoms with Crippen molar-refractivity contribution in [2.24, 2.45) is 5.73 Å². The maximum Gasteiger partial charge on any atom is 0.245 e. The fourth-order valence-corrected chi connectivity index (χ4v) is 5.85. The van der Waals surface area contributed by atoms with Crippen LogP contribution in [0.2, 0.25) is 0 Å². The predicted molar refractivity (Wildman–Crippen MR) is 154 cm³/mol. The molecule has 5 rings (SSSR count). The highest BCUT2D eigenvalue weighted by Gasteiger charge is 2.46. The summed E-state index contributed by atoms with van der Waals surface area (Å²) in [4.78, 5) is 47.8. The number of fused-ring (bicyclic) bond motifs is 1. The summed E-state index contributed by atoms with van der Waals surface area (Å²) in [5.74, 6) is -0.449. The zero-order valence-corrected chi connectivity index (χ0v) is 23.3. The number of nitrogens with two attached hydrogens (primary N) is 1. The van der Waals surface area contributed by atoms with E-state index in [1.807, 2.05) is 65.7 Å². The van der Waals surface area contributed by atoms with E-state index in [-0.39, 0.29) is 17.7 Å². The number of hydrogen-bond acceptors (Lipinski definition) is 5. The number of hydrogen-bond donors (Lipinski definition) is 3. The highest BCUT2D eigenvalue weighted by atomic mass is 16.5. The molecule has 0 radical (unpaired) electrons. The Kier molecular flexibility index (Phi) is 7.96. The molecule has 2 saturated heterocycles. The van der Waals surface area contributed by atoms with E-state index in [0.29, 0.717) is 58.7 Å². The lowest BCUT2D eigenvalue weighted by Gasteiger charge is -2.45. The molecule has 40 heavy (non-hydrogen) atoms. The lowest BCUT2D eigenvalue weighted by molar-refractivity contribution is -0.147. The van der Waals surface area contributed by atoms with E-state index in [0.717, 1.165) is 22.0 Å². The summed E-state index contributed by atoms with van der Waals surface area (Å²) in [6.07, 6.45) is 3.24. The fourth-order valence-electron chi connectivity index (χ4n) is 5.85. The lowest BCUT2D eigenvalue weighted by Crippen LogP contribution is -2.60. The quantitative estimate of drug-likeness (QED) is 0.421. The Hall–Kier alpha value is -3.69. The largest absolute Gasteiger partial charge is 0.378 e. The molecule has 9 heteroatoms. The van der Waals surface area contributed by atoms with E-state index in [4.69, 9.17) is 10.5 Å². The number of aromatic amines is 1. The number of para-hydroxylation sites is 1. The molecule has 3 aromatic rings. The van der Waals surface area contributed by atoms with Gasteiger partial charge in [-0.3, -0.25) is 14.4 Å². The van der Waals surface area contributed by atoms with Crippen molar-refractivity contribution in [3.8, 4) is 0 Å². The number of benzene rings is 2. The average Bonchev–Trinajstić information content (AvgIpc) is 3.39. The Bertz CT molecular complexity index is 1350. The minimum absolute atomic E-state index is 0.0997. The van der Waals surface area contributed by atoms with Crippen molar-refractivity contribution in [2.45, 2.75) is 50.1 Å². The maximum absolute atomic E-state index is 14.0. The van der Waals surface area contributed by atoms with Gasteiger partial charge >= 0.3 is 0 Å². The van der Waals surface area contributed by atoms with Gasteiger partial charge in [0.25, 0.3) is 0 Å².